The molecule has 26 heavy (non-hydrogen) atoms. The number of halogens is 1. The van der Waals surface area contributed by atoms with E-state index in [1.807, 2.05) is 6.92 Å². The molecule has 4 nitrogen and oxygen atoms in total. The van der Waals surface area contributed by atoms with Crippen molar-refractivity contribution in [1.29, 1.82) is 0 Å². The van der Waals surface area contributed by atoms with Crippen molar-refractivity contribution in [3.63, 3.8) is 0 Å². The molecule has 142 valence electrons. The van der Waals surface area contributed by atoms with Crippen LogP contribution in [0.15, 0.2) is 34.7 Å². The van der Waals surface area contributed by atoms with E-state index in [2.05, 4.69) is 18.3 Å². The first kappa shape index (κ1) is 19.7. The molecular weight excluding hydrogens is 370 g/mol. The number of fused-ring (bicyclic) bond motifs is 3. The third-order valence-corrected chi connectivity index (χ3v) is 7.82. The van der Waals surface area contributed by atoms with Gasteiger partial charge in [-0.3, -0.25) is 4.79 Å². The molecule has 3 aliphatic rings. The Morgan fingerprint density at radius 3 is 2.69 bits per heavy atom. The van der Waals surface area contributed by atoms with Crippen molar-refractivity contribution in [2.75, 3.05) is 0 Å². The number of aryl methyl sites for hydroxylation is 1. The molecule has 2 bridgehead atoms. The average Bonchev–Trinajstić information content (AvgIpc) is 2.53. The second-order valence-electron chi connectivity index (χ2n) is 8.16. The van der Waals surface area contributed by atoms with Gasteiger partial charge in [0, 0.05) is 28.2 Å². The van der Waals surface area contributed by atoms with Crippen LogP contribution in [0.1, 0.15) is 45.6 Å². The number of carbonyl (C=O) groups excluding carboxylic acids is 1. The highest BCUT2D eigenvalue weighted by Gasteiger charge is 2.48. The van der Waals surface area contributed by atoms with Crippen LogP contribution in [0.5, 0.6) is 0 Å². The van der Waals surface area contributed by atoms with E-state index in [1.54, 1.807) is 32.0 Å². The van der Waals surface area contributed by atoms with Crippen LogP contribution < -0.4 is 5.32 Å². The fraction of sp³-hybridized carbons (Fsp3) is 0.550. The van der Waals surface area contributed by atoms with Gasteiger partial charge in [0.15, 0.2) is 4.90 Å². The number of hydrogen-bond donors (Lipinski definition) is 2. The predicted molar refractivity (Wildman–Crippen MR) is 105 cm³/mol. The summed E-state index contributed by atoms with van der Waals surface area (Å²) in [5.74, 6) is -0.0145. The third-order valence-electron chi connectivity index (χ3n) is 5.61. The van der Waals surface area contributed by atoms with Crippen molar-refractivity contribution in [1.82, 2.24) is 5.32 Å². The lowest BCUT2D eigenvalue weighted by molar-refractivity contribution is -0.124. The van der Waals surface area contributed by atoms with E-state index < -0.39 is 21.5 Å². The number of nitrogens with one attached hydrogen (secondary N) is 1. The van der Waals surface area contributed by atoms with Crippen molar-refractivity contribution in [3.8, 4) is 0 Å². The number of amides is 1. The van der Waals surface area contributed by atoms with Crippen molar-refractivity contribution in [2.45, 2.75) is 68.2 Å². The smallest absolute Gasteiger partial charge is 0.276 e. The summed E-state index contributed by atoms with van der Waals surface area (Å²) in [5, 5.41) is 14.3. The van der Waals surface area contributed by atoms with Gasteiger partial charge in [0.25, 0.3) is 5.91 Å². The minimum Gasteiger partial charge on any atom is -0.611 e. The van der Waals surface area contributed by atoms with Gasteiger partial charge in [-0.05, 0) is 63.3 Å². The van der Waals surface area contributed by atoms with Crippen molar-refractivity contribution < 1.29 is 14.5 Å². The number of benzene rings is 1. The topological polar surface area (TPSA) is 72.4 Å². The van der Waals surface area contributed by atoms with Gasteiger partial charge in [-0.1, -0.05) is 24.6 Å². The Morgan fingerprint density at radius 2 is 2.12 bits per heavy atom. The van der Waals surface area contributed by atoms with Gasteiger partial charge in [-0.15, -0.1) is 0 Å². The van der Waals surface area contributed by atoms with Crippen LogP contribution in [0.2, 0.25) is 5.02 Å². The highest BCUT2D eigenvalue weighted by molar-refractivity contribution is 7.93. The molecule has 0 aliphatic heterocycles. The van der Waals surface area contributed by atoms with E-state index in [0.717, 1.165) is 12.0 Å². The zero-order valence-electron chi connectivity index (χ0n) is 15.6. The zero-order chi connectivity index (χ0) is 19.3. The lowest BCUT2D eigenvalue weighted by Gasteiger charge is -2.46. The number of hydrogen-bond acceptors (Lipinski definition) is 3. The summed E-state index contributed by atoms with van der Waals surface area (Å²) in [4.78, 5) is 13.6. The first-order valence-corrected chi connectivity index (χ1v) is 10.5. The van der Waals surface area contributed by atoms with Gasteiger partial charge in [-0.2, -0.15) is 0 Å². The normalized spacial score (nSPS) is 29.3. The molecule has 1 aromatic carbocycles. The number of aliphatic hydroxyl groups is 1. The van der Waals surface area contributed by atoms with E-state index in [1.165, 1.54) is 5.57 Å². The fourth-order valence-corrected chi connectivity index (χ4v) is 5.62. The lowest BCUT2D eigenvalue weighted by atomic mass is 9.66. The minimum absolute atomic E-state index is 0.187. The molecule has 4 atom stereocenters. The molecular formula is C20H26ClNO3S. The summed E-state index contributed by atoms with van der Waals surface area (Å²) in [6, 6.07) is 4.98. The molecule has 0 aromatic heterocycles. The predicted octanol–water partition coefficient (Wildman–Crippen LogP) is 3.51. The highest BCUT2D eigenvalue weighted by Crippen LogP contribution is 2.44. The Morgan fingerprint density at radius 1 is 1.42 bits per heavy atom. The molecule has 0 radical (unpaired) electrons. The van der Waals surface area contributed by atoms with Gasteiger partial charge < -0.3 is 15.0 Å². The molecule has 6 heteroatoms. The molecule has 4 rings (SSSR count). The standard InChI is InChI=1S/C20H26ClNO3S/c1-12-9-14(21)5-6-17(12)26(25)19(3,4)18(23)22-16-11-20(24)8-7-15(16)13(2)10-20/h5-7,9,13,16,24H,8,10-11H2,1-4H3,(H,22,23)/t13-,16?,20-,26?/m1/s1. The Balaban J connectivity index is 1.78. The summed E-state index contributed by atoms with van der Waals surface area (Å²) in [5.41, 5.74) is 1.24. The summed E-state index contributed by atoms with van der Waals surface area (Å²) in [6.45, 7) is 7.31. The molecule has 2 unspecified atom stereocenters. The zero-order valence-corrected chi connectivity index (χ0v) is 17.2. The fourth-order valence-electron chi connectivity index (χ4n) is 4.08. The summed E-state index contributed by atoms with van der Waals surface area (Å²) in [7, 11) is 0. The van der Waals surface area contributed by atoms with Crippen LogP contribution in [-0.2, 0) is 16.0 Å². The Hall–Kier alpha value is -1.01. The van der Waals surface area contributed by atoms with Gasteiger partial charge in [0.1, 0.15) is 0 Å². The van der Waals surface area contributed by atoms with Crippen LogP contribution in [0.25, 0.3) is 0 Å². The summed E-state index contributed by atoms with van der Waals surface area (Å²) < 4.78 is 12.0. The average molecular weight is 396 g/mol. The lowest BCUT2D eigenvalue weighted by Crippen LogP contribution is -2.57. The van der Waals surface area contributed by atoms with E-state index in [4.69, 9.17) is 11.6 Å². The largest absolute Gasteiger partial charge is 0.611 e. The van der Waals surface area contributed by atoms with Gasteiger partial charge >= 0.3 is 0 Å². The maximum Gasteiger partial charge on any atom is 0.276 e. The molecule has 1 aromatic rings. The molecule has 0 spiro atoms. The van der Waals surface area contributed by atoms with Crippen molar-refractivity contribution in [2.24, 2.45) is 5.92 Å². The first-order chi connectivity index (χ1) is 12.0. The highest BCUT2D eigenvalue weighted by atomic mass is 35.5. The second-order valence-corrected chi connectivity index (χ2v) is 10.6. The summed E-state index contributed by atoms with van der Waals surface area (Å²) >= 11 is 4.46. The van der Waals surface area contributed by atoms with Gasteiger partial charge in [0.05, 0.1) is 11.6 Å². The Kier molecular flexibility index (Phi) is 5.21. The molecule has 0 heterocycles. The summed E-state index contributed by atoms with van der Waals surface area (Å²) in [6.07, 6.45) is 3.97. The second kappa shape index (κ2) is 6.86. The van der Waals surface area contributed by atoms with Gasteiger partial charge in [0.2, 0.25) is 4.75 Å². The first-order valence-electron chi connectivity index (χ1n) is 8.95. The van der Waals surface area contributed by atoms with Crippen molar-refractivity contribution >= 4 is 28.7 Å². The van der Waals surface area contributed by atoms with Crippen LogP contribution in [0.4, 0.5) is 0 Å². The van der Waals surface area contributed by atoms with Crippen molar-refractivity contribution in [3.05, 3.63) is 40.4 Å². The molecule has 3 aliphatic carbocycles. The molecule has 1 fully saturated rings. The number of carbonyl (C=O) groups is 1. The van der Waals surface area contributed by atoms with E-state index in [0.29, 0.717) is 22.8 Å². The van der Waals surface area contributed by atoms with E-state index in [9.17, 15) is 14.5 Å². The number of rotatable bonds is 4. The van der Waals surface area contributed by atoms with Crippen LogP contribution in [0, 0.1) is 12.8 Å². The molecule has 0 saturated heterocycles. The molecule has 2 N–H and O–H groups in total. The minimum atomic E-state index is -1.52. The Bertz CT molecular complexity index is 763. The quantitative estimate of drug-likeness (QED) is 0.605. The maximum absolute atomic E-state index is 13.1. The van der Waals surface area contributed by atoms with E-state index >= 15 is 0 Å². The Labute approximate surface area is 163 Å². The monoisotopic (exact) mass is 395 g/mol. The maximum atomic E-state index is 13.1. The van der Waals surface area contributed by atoms with Crippen LogP contribution in [0.3, 0.4) is 0 Å². The SMILES string of the molecule is Cc1cc(Cl)ccc1[S+]([O-])C(C)(C)C(=O)NC1C[C@@]2(O)CC=C1[C@H](C)C2. The third kappa shape index (κ3) is 3.55. The van der Waals surface area contributed by atoms with E-state index in [-0.39, 0.29) is 17.9 Å². The van der Waals surface area contributed by atoms with Crippen LogP contribution in [-0.4, -0.2) is 32.0 Å². The van der Waals surface area contributed by atoms with Gasteiger partial charge in [-0.25, -0.2) is 0 Å². The molecule has 1 saturated carbocycles. The van der Waals surface area contributed by atoms with Crippen LogP contribution >= 0.6 is 11.6 Å². The molecule has 1 amide bonds.